The van der Waals surface area contributed by atoms with E-state index in [0.717, 1.165) is 23.5 Å². The fraction of sp³-hybridized carbons (Fsp3) is 0.609. The zero-order valence-electron chi connectivity index (χ0n) is 18.2. The number of aliphatic carboxylic acids is 1. The zero-order valence-corrected chi connectivity index (χ0v) is 19.0. The molecule has 0 aromatic heterocycles. The second kappa shape index (κ2) is 10.5. The van der Waals surface area contributed by atoms with Gasteiger partial charge in [-0.3, -0.25) is 9.59 Å². The lowest BCUT2D eigenvalue weighted by Gasteiger charge is -2.27. The van der Waals surface area contributed by atoms with Crippen LogP contribution in [0.3, 0.4) is 0 Å². The standard InChI is InChI=1S/C23H32N2O5S/c1-3-30-22(29)18(17-7-5-4-6-8-17)9-11-24-16(2)20(26)25-14-23(10-12-31-15-23)13-19(25)21(27)28/h4-8,16,18-19,24H,3,9-15H2,1-2H3,(H,27,28)/t16-,18?,19-,23?/m0/s1. The molecule has 0 saturated carbocycles. The number of likely N-dealkylation sites (tertiary alicyclic amines) is 1. The minimum absolute atomic E-state index is 0.0641. The van der Waals surface area contributed by atoms with Gasteiger partial charge in [-0.05, 0) is 51.0 Å². The monoisotopic (exact) mass is 448 g/mol. The molecule has 3 rings (SSSR count). The Kier molecular flexibility index (Phi) is 8.00. The van der Waals surface area contributed by atoms with Crippen LogP contribution in [0.2, 0.25) is 0 Å². The molecular weight excluding hydrogens is 416 g/mol. The van der Waals surface area contributed by atoms with Crippen LogP contribution in [0.1, 0.15) is 44.6 Å². The summed E-state index contributed by atoms with van der Waals surface area (Å²) in [6.07, 6.45) is 1.99. The lowest BCUT2D eigenvalue weighted by atomic mass is 9.85. The molecule has 0 radical (unpaired) electrons. The quantitative estimate of drug-likeness (QED) is 0.561. The third kappa shape index (κ3) is 5.60. The first-order valence-corrected chi connectivity index (χ1v) is 12.1. The molecular formula is C23H32N2O5S. The topological polar surface area (TPSA) is 95.9 Å². The van der Waals surface area contributed by atoms with Gasteiger partial charge < -0.3 is 20.1 Å². The predicted octanol–water partition coefficient (Wildman–Crippen LogP) is 2.51. The summed E-state index contributed by atoms with van der Waals surface area (Å²) in [5, 5.41) is 12.9. The van der Waals surface area contributed by atoms with E-state index in [2.05, 4.69) is 5.32 Å². The van der Waals surface area contributed by atoms with Crippen LogP contribution in [0.25, 0.3) is 0 Å². The molecule has 2 heterocycles. The Bertz CT molecular complexity index is 781. The molecule has 2 N–H and O–H groups in total. The smallest absolute Gasteiger partial charge is 0.326 e. The van der Waals surface area contributed by atoms with Crippen LogP contribution < -0.4 is 5.32 Å². The van der Waals surface area contributed by atoms with Crippen LogP contribution in [0.4, 0.5) is 0 Å². The number of carboxylic acids is 1. The summed E-state index contributed by atoms with van der Waals surface area (Å²) < 4.78 is 5.23. The maximum atomic E-state index is 13.1. The Morgan fingerprint density at radius 1 is 1.32 bits per heavy atom. The van der Waals surface area contributed by atoms with E-state index < -0.39 is 24.0 Å². The number of esters is 1. The van der Waals surface area contributed by atoms with Crippen molar-refractivity contribution in [2.75, 3.05) is 31.2 Å². The van der Waals surface area contributed by atoms with Crippen molar-refractivity contribution >= 4 is 29.6 Å². The van der Waals surface area contributed by atoms with Crippen molar-refractivity contribution in [1.82, 2.24) is 10.2 Å². The molecule has 170 valence electrons. The summed E-state index contributed by atoms with van der Waals surface area (Å²) in [7, 11) is 0. The molecule has 2 aliphatic rings. The van der Waals surface area contributed by atoms with E-state index in [4.69, 9.17) is 4.74 Å². The minimum Gasteiger partial charge on any atom is -0.480 e. The Hall–Kier alpha value is -2.06. The summed E-state index contributed by atoms with van der Waals surface area (Å²) in [5.41, 5.74) is 0.818. The van der Waals surface area contributed by atoms with Crippen molar-refractivity contribution < 1.29 is 24.2 Å². The summed E-state index contributed by atoms with van der Waals surface area (Å²) in [4.78, 5) is 38.9. The summed E-state index contributed by atoms with van der Waals surface area (Å²) in [6, 6.07) is 8.19. The number of rotatable bonds is 9. The van der Waals surface area contributed by atoms with Crippen molar-refractivity contribution in [2.24, 2.45) is 5.41 Å². The van der Waals surface area contributed by atoms with Gasteiger partial charge in [0, 0.05) is 17.7 Å². The molecule has 2 fully saturated rings. The second-order valence-corrected chi connectivity index (χ2v) is 9.61. The number of hydrogen-bond donors (Lipinski definition) is 2. The van der Waals surface area contributed by atoms with Crippen LogP contribution in [0.5, 0.6) is 0 Å². The molecule has 2 aliphatic heterocycles. The molecule has 31 heavy (non-hydrogen) atoms. The Morgan fingerprint density at radius 2 is 2.06 bits per heavy atom. The van der Waals surface area contributed by atoms with Gasteiger partial charge in [-0.15, -0.1) is 0 Å². The summed E-state index contributed by atoms with van der Waals surface area (Å²) in [6.45, 7) is 4.81. The van der Waals surface area contributed by atoms with E-state index >= 15 is 0 Å². The number of hydrogen-bond acceptors (Lipinski definition) is 6. The fourth-order valence-electron chi connectivity index (χ4n) is 4.57. The Labute approximate surface area is 187 Å². The average molecular weight is 449 g/mol. The van der Waals surface area contributed by atoms with Crippen molar-refractivity contribution in [3.8, 4) is 0 Å². The van der Waals surface area contributed by atoms with Gasteiger partial charge in [0.05, 0.1) is 18.6 Å². The number of thioether (sulfide) groups is 1. The van der Waals surface area contributed by atoms with Gasteiger partial charge in [0.15, 0.2) is 0 Å². The number of nitrogens with zero attached hydrogens (tertiary/aromatic N) is 1. The second-order valence-electron chi connectivity index (χ2n) is 8.51. The highest BCUT2D eigenvalue weighted by Gasteiger charge is 2.50. The fourth-order valence-corrected chi connectivity index (χ4v) is 6.08. The van der Waals surface area contributed by atoms with Gasteiger partial charge >= 0.3 is 11.9 Å². The SMILES string of the molecule is CCOC(=O)C(CCN[C@@H](C)C(=O)N1CC2(CCSC2)C[C@H]1C(=O)O)c1ccccc1. The van der Waals surface area contributed by atoms with Gasteiger partial charge in [0.2, 0.25) is 5.91 Å². The number of nitrogens with one attached hydrogen (secondary N) is 1. The molecule has 4 atom stereocenters. The first kappa shape index (κ1) is 23.6. The maximum Gasteiger partial charge on any atom is 0.326 e. The zero-order chi connectivity index (χ0) is 22.4. The van der Waals surface area contributed by atoms with Crippen molar-refractivity contribution in [3.05, 3.63) is 35.9 Å². The van der Waals surface area contributed by atoms with E-state index in [1.807, 2.05) is 42.1 Å². The minimum atomic E-state index is -0.930. The first-order valence-electron chi connectivity index (χ1n) is 10.9. The Morgan fingerprint density at radius 3 is 2.68 bits per heavy atom. The summed E-state index contributed by atoms with van der Waals surface area (Å²) >= 11 is 1.84. The molecule has 8 heteroatoms. The lowest BCUT2D eigenvalue weighted by molar-refractivity contribution is -0.149. The molecule has 1 spiro atoms. The van der Waals surface area contributed by atoms with Crippen LogP contribution in [0, 0.1) is 5.41 Å². The third-order valence-electron chi connectivity index (χ3n) is 6.29. The molecule has 2 saturated heterocycles. The number of carbonyl (C=O) groups is 3. The molecule has 0 aliphatic carbocycles. The predicted molar refractivity (Wildman–Crippen MR) is 120 cm³/mol. The number of carboxylic acid groups (broad SMARTS) is 1. The van der Waals surface area contributed by atoms with Crippen LogP contribution in [0.15, 0.2) is 30.3 Å². The highest BCUT2D eigenvalue weighted by atomic mass is 32.2. The summed E-state index contributed by atoms with van der Waals surface area (Å²) in [5.74, 6) is 0.140. The molecule has 0 bridgehead atoms. The average Bonchev–Trinajstić information content (AvgIpc) is 3.38. The van der Waals surface area contributed by atoms with E-state index in [-0.39, 0.29) is 17.3 Å². The van der Waals surface area contributed by atoms with Crippen LogP contribution in [-0.4, -0.2) is 71.1 Å². The van der Waals surface area contributed by atoms with Gasteiger partial charge in [-0.2, -0.15) is 11.8 Å². The molecule has 1 aromatic rings. The van der Waals surface area contributed by atoms with Crippen molar-refractivity contribution in [1.29, 1.82) is 0 Å². The van der Waals surface area contributed by atoms with Crippen molar-refractivity contribution in [3.63, 3.8) is 0 Å². The molecule has 1 aromatic carbocycles. The highest BCUT2D eigenvalue weighted by Crippen LogP contribution is 2.46. The highest BCUT2D eigenvalue weighted by molar-refractivity contribution is 7.99. The third-order valence-corrected chi connectivity index (χ3v) is 7.60. The van der Waals surface area contributed by atoms with Crippen LogP contribution >= 0.6 is 11.8 Å². The normalized spacial score (nSPS) is 24.8. The first-order chi connectivity index (χ1) is 14.9. The lowest BCUT2D eigenvalue weighted by Crippen LogP contribution is -2.49. The molecule has 2 unspecified atom stereocenters. The maximum absolute atomic E-state index is 13.1. The van der Waals surface area contributed by atoms with E-state index in [0.29, 0.717) is 32.5 Å². The van der Waals surface area contributed by atoms with E-state index in [9.17, 15) is 19.5 Å². The number of carbonyl (C=O) groups excluding carboxylic acids is 2. The van der Waals surface area contributed by atoms with Gasteiger partial charge in [0.1, 0.15) is 6.04 Å². The number of amides is 1. The van der Waals surface area contributed by atoms with Gasteiger partial charge in [-0.1, -0.05) is 30.3 Å². The molecule has 1 amide bonds. The van der Waals surface area contributed by atoms with E-state index in [1.165, 1.54) is 0 Å². The van der Waals surface area contributed by atoms with Crippen LogP contribution in [-0.2, 0) is 19.1 Å². The van der Waals surface area contributed by atoms with Crippen molar-refractivity contribution in [2.45, 2.75) is 51.1 Å². The number of benzene rings is 1. The largest absolute Gasteiger partial charge is 0.480 e. The number of ether oxygens (including phenoxy) is 1. The van der Waals surface area contributed by atoms with Gasteiger partial charge in [0.25, 0.3) is 0 Å². The van der Waals surface area contributed by atoms with Gasteiger partial charge in [-0.25, -0.2) is 4.79 Å². The Balaban J connectivity index is 1.59. The molecule has 7 nitrogen and oxygen atoms in total. The van der Waals surface area contributed by atoms with E-state index in [1.54, 1.807) is 18.7 Å².